The summed E-state index contributed by atoms with van der Waals surface area (Å²) >= 11 is 0. The van der Waals surface area contributed by atoms with Crippen LogP contribution >= 0.6 is 0 Å². The van der Waals surface area contributed by atoms with Gasteiger partial charge < -0.3 is 40.2 Å². The first-order chi connectivity index (χ1) is 18.9. The Labute approximate surface area is 232 Å². The van der Waals surface area contributed by atoms with Crippen molar-refractivity contribution in [3.8, 4) is 0 Å². The van der Waals surface area contributed by atoms with Crippen LogP contribution in [0.2, 0.25) is 0 Å². The summed E-state index contributed by atoms with van der Waals surface area (Å²) in [5.74, 6) is -1.84. The Bertz CT molecular complexity index is 1140. The summed E-state index contributed by atoms with van der Waals surface area (Å²) in [5.41, 5.74) is 0.519. The molecule has 2 aromatic carbocycles. The summed E-state index contributed by atoms with van der Waals surface area (Å²) in [6, 6.07) is 15.8. The molecule has 2 aromatic rings. The number of aliphatic hydroxyl groups is 3. The first-order valence-electron chi connectivity index (χ1n) is 12.8. The van der Waals surface area contributed by atoms with Crippen molar-refractivity contribution in [2.45, 2.75) is 69.8 Å². The van der Waals surface area contributed by atoms with Crippen LogP contribution < -0.4 is 10.6 Å². The zero-order chi connectivity index (χ0) is 29.4. The van der Waals surface area contributed by atoms with Gasteiger partial charge in [-0.25, -0.2) is 9.59 Å². The van der Waals surface area contributed by atoms with E-state index in [9.17, 15) is 29.7 Å². The molecule has 0 saturated carbocycles. The molecule has 0 unspecified atom stereocenters. The largest absolute Gasteiger partial charge is 0.478 e. The topological polar surface area (TPSA) is 164 Å². The van der Waals surface area contributed by atoms with Gasteiger partial charge in [0.05, 0.1) is 18.7 Å². The van der Waals surface area contributed by atoms with E-state index in [1.807, 2.05) is 12.1 Å². The molecule has 216 valence electrons. The number of nitrogens with one attached hydrogen (secondary N) is 2. The molecule has 0 saturated heterocycles. The molecule has 0 aromatic heterocycles. The number of esters is 1. The lowest BCUT2D eigenvalue weighted by atomic mass is 9.92. The standard InChI is InChI=1S/C29H36N2O9/c1-17(33)30-23-20(31-28(37)40-29(2,3)4)15-22(38-26(23)24(35)21(34)16-32)27(36)39-25(18-11-7-5-8-12-18)19-13-9-6-10-14-19/h5-15,20-21,23-26,32,34-35H,16H2,1-4H3,(H,30,33)(H,31,37)/t20-,21+,23+,24+,26+/m0/s1. The number of rotatable bonds is 9. The zero-order valence-electron chi connectivity index (χ0n) is 22.8. The lowest BCUT2D eigenvalue weighted by Crippen LogP contribution is -2.63. The summed E-state index contributed by atoms with van der Waals surface area (Å²) < 4.78 is 17.0. The van der Waals surface area contributed by atoms with E-state index >= 15 is 0 Å². The molecule has 1 aliphatic heterocycles. The highest BCUT2D eigenvalue weighted by molar-refractivity contribution is 5.87. The van der Waals surface area contributed by atoms with E-state index in [4.69, 9.17) is 14.2 Å². The van der Waals surface area contributed by atoms with Gasteiger partial charge in [-0.05, 0) is 38.0 Å². The molecule has 1 aliphatic rings. The third kappa shape index (κ3) is 8.28. The lowest BCUT2D eigenvalue weighted by molar-refractivity contribution is -0.155. The quantitative estimate of drug-likeness (QED) is 0.289. The Balaban J connectivity index is 2.00. The van der Waals surface area contributed by atoms with Crippen LogP contribution in [0.5, 0.6) is 0 Å². The molecule has 3 rings (SSSR count). The van der Waals surface area contributed by atoms with Crippen molar-refractivity contribution >= 4 is 18.0 Å². The smallest absolute Gasteiger partial charge is 0.408 e. The van der Waals surface area contributed by atoms with E-state index in [2.05, 4.69) is 10.6 Å². The Morgan fingerprint density at radius 3 is 1.98 bits per heavy atom. The maximum absolute atomic E-state index is 13.5. The molecule has 0 spiro atoms. The predicted octanol–water partition coefficient (Wildman–Crippen LogP) is 1.71. The molecule has 0 radical (unpaired) electrons. The van der Waals surface area contributed by atoms with Gasteiger partial charge in [0.1, 0.15) is 23.9 Å². The fourth-order valence-corrected chi connectivity index (χ4v) is 4.19. The first kappa shape index (κ1) is 30.6. The zero-order valence-corrected chi connectivity index (χ0v) is 22.8. The van der Waals surface area contributed by atoms with Crippen LogP contribution in [0.4, 0.5) is 4.79 Å². The molecular formula is C29H36N2O9. The molecule has 0 fully saturated rings. The van der Waals surface area contributed by atoms with Gasteiger partial charge >= 0.3 is 12.1 Å². The van der Waals surface area contributed by atoms with Gasteiger partial charge in [0.15, 0.2) is 6.10 Å². The van der Waals surface area contributed by atoms with Crippen LogP contribution in [-0.4, -0.2) is 75.9 Å². The lowest BCUT2D eigenvalue weighted by Gasteiger charge is -2.40. The third-order valence-electron chi connectivity index (χ3n) is 5.94. The minimum Gasteiger partial charge on any atom is -0.478 e. The van der Waals surface area contributed by atoms with E-state index in [0.717, 1.165) is 0 Å². The monoisotopic (exact) mass is 556 g/mol. The van der Waals surface area contributed by atoms with Crippen molar-refractivity contribution in [3.05, 3.63) is 83.6 Å². The molecule has 11 heteroatoms. The molecular weight excluding hydrogens is 520 g/mol. The maximum atomic E-state index is 13.5. The summed E-state index contributed by atoms with van der Waals surface area (Å²) in [6.07, 6.45) is -5.35. The molecule has 5 atom stereocenters. The van der Waals surface area contributed by atoms with E-state index in [1.54, 1.807) is 69.3 Å². The number of amides is 2. The highest BCUT2D eigenvalue weighted by atomic mass is 16.6. The number of benzene rings is 2. The number of hydrogen-bond acceptors (Lipinski definition) is 9. The maximum Gasteiger partial charge on any atom is 0.408 e. The van der Waals surface area contributed by atoms with Crippen LogP contribution in [-0.2, 0) is 23.8 Å². The molecule has 1 heterocycles. The minimum absolute atomic E-state index is 0.381. The molecule has 0 aliphatic carbocycles. The molecule has 11 nitrogen and oxygen atoms in total. The van der Waals surface area contributed by atoms with Gasteiger partial charge in [-0.3, -0.25) is 4.79 Å². The highest BCUT2D eigenvalue weighted by Crippen LogP contribution is 2.30. The Morgan fingerprint density at radius 2 is 1.50 bits per heavy atom. The van der Waals surface area contributed by atoms with E-state index in [1.165, 1.54) is 13.0 Å². The van der Waals surface area contributed by atoms with Gasteiger partial charge in [-0.1, -0.05) is 60.7 Å². The van der Waals surface area contributed by atoms with Gasteiger partial charge in [0, 0.05) is 6.92 Å². The van der Waals surface area contributed by atoms with E-state index < -0.39 is 66.7 Å². The van der Waals surface area contributed by atoms with Crippen molar-refractivity contribution in [3.63, 3.8) is 0 Å². The molecule has 5 N–H and O–H groups in total. The van der Waals surface area contributed by atoms with E-state index in [0.29, 0.717) is 11.1 Å². The SMILES string of the molecule is CC(=O)N[C@H]1[C@H]([C@H](O)[C@H](O)CO)OC(C(=O)OC(c2ccccc2)c2ccccc2)=C[C@@H]1NC(=O)OC(C)(C)C. The van der Waals surface area contributed by atoms with Gasteiger partial charge in [0.25, 0.3) is 0 Å². The second-order valence-corrected chi connectivity index (χ2v) is 10.4. The third-order valence-corrected chi connectivity index (χ3v) is 5.94. The number of alkyl carbamates (subject to hydrolysis) is 1. The van der Waals surface area contributed by atoms with Gasteiger partial charge in [-0.15, -0.1) is 0 Å². The average Bonchev–Trinajstić information content (AvgIpc) is 2.91. The summed E-state index contributed by atoms with van der Waals surface area (Å²) in [5, 5.41) is 35.6. The van der Waals surface area contributed by atoms with Crippen LogP contribution in [0.25, 0.3) is 0 Å². The summed E-state index contributed by atoms with van der Waals surface area (Å²) in [6.45, 7) is 5.38. The van der Waals surface area contributed by atoms with Crippen LogP contribution in [0.1, 0.15) is 44.9 Å². The Hall–Kier alpha value is -3.93. The molecule has 40 heavy (non-hydrogen) atoms. The molecule has 0 bridgehead atoms. The highest BCUT2D eigenvalue weighted by Gasteiger charge is 2.45. The second kappa shape index (κ2) is 13.4. The van der Waals surface area contributed by atoms with Crippen LogP contribution in [0.3, 0.4) is 0 Å². The predicted molar refractivity (Wildman–Crippen MR) is 144 cm³/mol. The van der Waals surface area contributed by atoms with Gasteiger partial charge in [0.2, 0.25) is 11.7 Å². The summed E-state index contributed by atoms with van der Waals surface area (Å²) in [4.78, 5) is 38.2. The Kier molecular flexibility index (Phi) is 10.3. The van der Waals surface area contributed by atoms with Gasteiger partial charge in [-0.2, -0.15) is 0 Å². The minimum atomic E-state index is -1.76. The fraction of sp³-hybridized carbons (Fsp3) is 0.414. The normalized spacial score (nSPS) is 20.4. The number of carbonyl (C=O) groups is 3. The van der Waals surface area contributed by atoms with Crippen LogP contribution in [0.15, 0.2) is 72.5 Å². The Morgan fingerprint density at radius 1 is 0.950 bits per heavy atom. The number of ether oxygens (including phenoxy) is 3. The van der Waals surface area contributed by atoms with Crippen LogP contribution in [0, 0.1) is 0 Å². The molecule has 2 amide bonds. The van der Waals surface area contributed by atoms with Crippen molar-refractivity contribution in [1.29, 1.82) is 0 Å². The number of carbonyl (C=O) groups excluding carboxylic acids is 3. The first-order valence-corrected chi connectivity index (χ1v) is 12.8. The summed E-state index contributed by atoms with van der Waals surface area (Å²) in [7, 11) is 0. The second-order valence-electron chi connectivity index (χ2n) is 10.4. The fourth-order valence-electron chi connectivity index (χ4n) is 4.19. The number of hydrogen-bond donors (Lipinski definition) is 5. The number of aliphatic hydroxyl groups excluding tert-OH is 3. The van der Waals surface area contributed by atoms with E-state index in [-0.39, 0.29) is 5.76 Å². The van der Waals surface area contributed by atoms with Crippen molar-refractivity contribution in [1.82, 2.24) is 10.6 Å². The average molecular weight is 557 g/mol. The van der Waals surface area contributed by atoms with Crippen molar-refractivity contribution in [2.75, 3.05) is 6.61 Å². The van der Waals surface area contributed by atoms with Crippen molar-refractivity contribution in [2.24, 2.45) is 0 Å². The van der Waals surface area contributed by atoms with Crippen molar-refractivity contribution < 1.29 is 43.9 Å².